The molecule has 0 atom stereocenters. The van der Waals surface area contributed by atoms with Crippen molar-refractivity contribution in [3.63, 3.8) is 0 Å². The maximum atomic E-state index is 12.4. The number of hydrogen-bond acceptors (Lipinski definition) is 4. The maximum Gasteiger partial charge on any atom is 0.387 e. The average molecular weight is 387 g/mol. The number of alkyl halides is 2. The molecule has 4 nitrogen and oxygen atoms in total. The molecule has 2 rings (SSSR count). The Bertz CT molecular complexity index is 641. The number of nitrogens with zero attached hydrogens (tertiary/aromatic N) is 1. The lowest BCUT2D eigenvalue weighted by Gasteiger charge is -2.13. The van der Waals surface area contributed by atoms with Crippen LogP contribution in [0.4, 0.5) is 8.78 Å². The van der Waals surface area contributed by atoms with E-state index in [9.17, 15) is 8.78 Å². The van der Waals surface area contributed by atoms with Gasteiger partial charge in [-0.15, -0.1) is 0 Å². The second-order valence-corrected chi connectivity index (χ2v) is 5.55. The molecule has 0 radical (unpaired) electrons. The summed E-state index contributed by atoms with van der Waals surface area (Å²) in [4.78, 5) is 4.17. The molecule has 0 amide bonds. The number of benzene rings is 1. The van der Waals surface area contributed by atoms with Crippen LogP contribution in [-0.4, -0.2) is 18.2 Å². The van der Waals surface area contributed by atoms with Crippen molar-refractivity contribution in [2.45, 2.75) is 26.6 Å². The van der Waals surface area contributed by atoms with Crippen LogP contribution >= 0.6 is 15.9 Å². The molecule has 0 unspecified atom stereocenters. The Kier molecular flexibility index (Phi) is 6.73. The third-order valence-corrected chi connectivity index (χ3v) is 3.49. The smallest absolute Gasteiger partial charge is 0.387 e. The molecule has 0 fully saturated rings. The van der Waals surface area contributed by atoms with Crippen LogP contribution < -0.4 is 14.8 Å². The summed E-state index contributed by atoms with van der Waals surface area (Å²) in [6.07, 6.45) is 1.66. The van der Waals surface area contributed by atoms with Gasteiger partial charge in [-0.3, -0.25) is 0 Å². The minimum atomic E-state index is -2.85. The van der Waals surface area contributed by atoms with Crippen molar-refractivity contribution in [3.05, 3.63) is 52.1 Å². The van der Waals surface area contributed by atoms with Gasteiger partial charge >= 0.3 is 6.61 Å². The predicted octanol–water partition coefficient (Wildman–Crippen LogP) is 4.13. The van der Waals surface area contributed by atoms with Crippen LogP contribution in [-0.2, 0) is 13.1 Å². The Labute approximate surface area is 142 Å². The van der Waals surface area contributed by atoms with Gasteiger partial charge in [0.05, 0.1) is 6.61 Å². The fourth-order valence-electron chi connectivity index (χ4n) is 2.05. The van der Waals surface area contributed by atoms with E-state index in [0.29, 0.717) is 31.1 Å². The molecule has 0 aliphatic rings. The van der Waals surface area contributed by atoms with E-state index in [1.807, 2.05) is 19.1 Å². The Morgan fingerprint density at radius 1 is 1.22 bits per heavy atom. The molecule has 23 heavy (non-hydrogen) atoms. The third kappa shape index (κ3) is 5.44. The normalized spacial score (nSPS) is 10.8. The molecule has 0 saturated carbocycles. The lowest BCUT2D eigenvalue weighted by Crippen LogP contribution is -2.15. The van der Waals surface area contributed by atoms with Crippen LogP contribution in [0.25, 0.3) is 0 Å². The van der Waals surface area contributed by atoms with Crippen molar-refractivity contribution >= 4 is 15.9 Å². The standard InChI is InChI=1S/C16H17BrF2N2O2/c1-2-22-15-11(4-3-7-21-15)9-20-10-12-8-13(17)5-6-14(12)23-16(18)19/h3-8,16,20H,2,9-10H2,1H3. The number of pyridine rings is 1. The van der Waals surface area contributed by atoms with Gasteiger partial charge in [0, 0.05) is 34.9 Å². The van der Waals surface area contributed by atoms with E-state index in [0.717, 1.165) is 10.0 Å². The summed E-state index contributed by atoms with van der Waals surface area (Å²) in [5.41, 5.74) is 1.54. The van der Waals surface area contributed by atoms with Crippen LogP contribution in [0, 0.1) is 0 Å². The molecule has 0 saturated heterocycles. The van der Waals surface area contributed by atoms with Gasteiger partial charge in [0.2, 0.25) is 5.88 Å². The van der Waals surface area contributed by atoms with Crippen molar-refractivity contribution in [1.29, 1.82) is 0 Å². The van der Waals surface area contributed by atoms with Crippen molar-refractivity contribution in [2.24, 2.45) is 0 Å². The first-order valence-corrected chi connectivity index (χ1v) is 7.90. The summed E-state index contributed by atoms with van der Waals surface area (Å²) in [7, 11) is 0. The van der Waals surface area contributed by atoms with E-state index >= 15 is 0 Å². The van der Waals surface area contributed by atoms with Gasteiger partial charge in [0.15, 0.2) is 0 Å². The van der Waals surface area contributed by atoms with Gasteiger partial charge in [-0.1, -0.05) is 22.0 Å². The van der Waals surface area contributed by atoms with E-state index < -0.39 is 6.61 Å². The highest BCUT2D eigenvalue weighted by atomic mass is 79.9. The molecule has 1 aromatic carbocycles. The fourth-order valence-corrected chi connectivity index (χ4v) is 2.46. The molecule has 7 heteroatoms. The van der Waals surface area contributed by atoms with Crippen LogP contribution in [0.3, 0.4) is 0 Å². The molecule has 1 heterocycles. The Balaban J connectivity index is 2.02. The number of halogens is 3. The third-order valence-electron chi connectivity index (χ3n) is 3.00. The molecule has 0 aliphatic carbocycles. The van der Waals surface area contributed by atoms with Crippen molar-refractivity contribution in [2.75, 3.05) is 6.61 Å². The maximum absolute atomic E-state index is 12.4. The van der Waals surface area contributed by atoms with E-state index in [2.05, 4.69) is 31.0 Å². The van der Waals surface area contributed by atoms with Gasteiger partial charge in [-0.2, -0.15) is 8.78 Å². The highest BCUT2D eigenvalue weighted by molar-refractivity contribution is 9.10. The molecular formula is C16H17BrF2N2O2. The highest BCUT2D eigenvalue weighted by Crippen LogP contribution is 2.25. The summed E-state index contributed by atoms with van der Waals surface area (Å²) in [6, 6.07) is 8.66. The van der Waals surface area contributed by atoms with Gasteiger partial charge < -0.3 is 14.8 Å². The number of ether oxygens (including phenoxy) is 2. The number of aromatic nitrogens is 1. The van der Waals surface area contributed by atoms with Crippen LogP contribution in [0.1, 0.15) is 18.1 Å². The zero-order chi connectivity index (χ0) is 16.7. The predicted molar refractivity (Wildman–Crippen MR) is 86.7 cm³/mol. The zero-order valence-electron chi connectivity index (χ0n) is 12.6. The Morgan fingerprint density at radius 2 is 2.00 bits per heavy atom. The number of hydrogen-bond donors (Lipinski definition) is 1. The molecule has 2 aromatic rings. The zero-order valence-corrected chi connectivity index (χ0v) is 14.1. The van der Waals surface area contributed by atoms with Crippen molar-refractivity contribution in [3.8, 4) is 11.6 Å². The van der Waals surface area contributed by atoms with Crippen LogP contribution in [0.2, 0.25) is 0 Å². The Hall–Kier alpha value is -1.73. The van der Waals surface area contributed by atoms with E-state index in [-0.39, 0.29) is 5.75 Å². The van der Waals surface area contributed by atoms with E-state index in [1.54, 1.807) is 18.3 Å². The minimum absolute atomic E-state index is 0.159. The van der Waals surface area contributed by atoms with Crippen molar-refractivity contribution < 1.29 is 18.3 Å². The minimum Gasteiger partial charge on any atom is -0.478 e. The van der Waals surface area contributed by atoms with Gasteiger partial charge in [0.25, 0.3) is 0 Å². The molecule has 1 N–H and O–H groups in total. The molecular weight excluding hydrogens is 370 g/mol. The largest absolute Gasteiger partial charge is 0.478 e. The molecule has 1 aromatic heterocycles. The molecule has 0 bridgehead atoms. The van der Waals surface area contributed by atoms with Gasteiger partial charge in [-0.25, -0.2) is 4.98 Å². The second-order valence-electron chi connectivity index (χ2n) is 4.63. The SMILES string of the molecule is CCOc1ncccc1CNCc1cc(Br)ccc1OC(F)F. The summed E-state index contributed by atoms with van der Waals surface area (Å²) < 4.78 is 35.7. The van der Waals surface area contributed by atoms with Crippen molar-refractivity contribution in [1.82, 2.24) is 10.3 Å². The first-order valence-electron chi connectivity index (χ1n) is 7.10. The van der Waals surface area contributed by atoms with Crippen LogP contribution in [0.5, 0.6) is 11.6 Å². The summed E-state index contributed by atoms with van der Waals surface area (Å²) in [6.45, 7) is 0.451. The lowest BCUT2D eigenvalue weighted by molar-refractivity contribution is -0.0505. The monoisotopic (exact) mass is 386 g/mol. The molecule has 124 valence electrons. The average Bonchev–Trinajstić information content (AvgIpc) is 2.51. The number of nitrogens with one attached hydrogen (secondary N) is 1. The highest BCUT2D eigenvalue weighted by Gasteiger charge is 2.10. The number of rotatable bonds is 8. The molecule has 0 spiro atoms. The topological polar surface area (TPSA) is 43.4 Å². The first-order chi connectivity index (χ1) is 11.1. The van der Waals surface area contributed by atoms with E-state index in [1.165, 1.54) is 6.07 Å². The lowest BCUT2D eigenvalue weighted by atomic mass is 10.2. The Morgan fingerprint density at radius 3 is 2.74 bits per heavy atom. The first kappa shape index (κ1) is 17.6. The fraction of sp³-hybridized carbons (Fsp3) is 0.312. The summed E-state index contributed by atoms with van der Waals surface area (Å²) in [5, 5.41) is 3.19. The second kappa shape index (κ2) is 8.79. The summed E-state index contributed by atoms with van der Waals surface area (Å²) in [5.74, 6) is 0.729. The van der Waals surface area contributed by atoms with Gasteiger partial charge in [-0.05, 0) is 31.2 Å². The quantitative estimate of drug-likeness (QED) is 0.740. The van der Waals surface area contributed by atoms with Gasteiger partial charge in [0.1, 0.15) is 5.75 Å². The summed E-state index contributed by atoms with van der Waals surface area (Å²) >= 11 is 3.33. The molecule has 0 aliphatic heterocycles. The van der Waals surface area contributed by atoms with Crippen LogP contribution in [0.15, 0.2) is 41.0 Å². The van der Waals surface area contributed by atoms with E-state index in [4.69, 9.17) is 4.74 Å².